The first-order valence-electron chi connectivity index (χ1n) is 12.7. The number of pyridine rings is 2. The van der Waals surface area contributed by atoms with Gasteiger partial charge < -0.3 is 14.4 Å². The van der Waals surface area contributed by atoms with Gasteiger partial charge in [-0.2, -0.15) is 0 Å². The Hall–Kier alpha value is -3.46. The molecule has 0 spiro atoms. The summed E-state index contributed by atoms with van der Waals surface area (Å²) >= 11 is 0. The average molecular weight is 492 g/mol. The normalized spacial score (nSPS) is 18.0. The molecule has 1 atom stereocenters. The fraction of sp³-hybridized carbons (Fsp3) is 0.444. The van der Waals surface area contributed by atoms with E-state index in [0.29, 0.717) is 52.3 Å². The highest BCUT2D eigenvalue weighted by Crippen LogP contribution is 2.43. The van der Waals surface area contributed by atoms with Gasteiger partial charge in [0, 0.05) is 37.5 Å². The molecule has 2 aliphatic heterocycles. The van der Waals surface area contributed by atoms with Crippen molar-refractivity contribution in [3.8, 4) is 22.8 Å². The van der Waals surface area contributed by atoms with Gasteiger partial charge in [0.25, 0.3) is 0 Å². The minimum Gasteiger partial charge on any atom is -0.487 e. The van der Waals surface area contributed by atoms with Gasteiger partial charge in [-0.05, 0) is 45.3 Å². The maximum Gasteiger partial charge on any atom is 0.329 e. The van der Waals surface area contributed by atoms with E-state index < -0.39 is 5.82 Å². The molecule has 0 saturated carbocycles. The minimum atomic E-state index is -0.444. The Kier molecular flexibility index (Phi) is 5.87. The Morgan fingerprint density at radius 3 is 2.78 bits per heavy atom. The summed E-state index contributed by atoms with van der Waals surface area (Å²) in [6.07, 6.45) is 7.74. The molecule has 1 saturated heterocycles. The highest BCUT2D eigenvalue weighted by atomic mass is 19.1. The maximum atomic E-state index is 15.5. The van der Waals surface area contributed by atoms with Crippen molar-refractivity contribution >= 4 is 21.9 Å². The SMILES string of the molecule is CC1Cn2c(=O)n(C)c3cnc4cc(F)c(-c5ccc(OCCCN6CCCCC6)nc5)c(c4c32)O1. The Bertz CT molecular complexity index is 1490. The van der Waals surface area contributed by atoms with E-state index in [9.17, 15) is 4.79 Å². The summed E-state index contributed by atoms with van der Waals surface area (Å²) in [7, 11) is 1.72. The number of piperidine rings is 1. The molecule has 0 bridgehead atoms. The zero-order chi connectivity index (χ0) is 24.8. The van der Waals surface area contributed by atoms with Gasteiger partial charge in [-0.25, -0.2) is 14.2 Å². The van der Waals surface area contributed by atoms with Crippen LogP contribution in [0.3, 0.4) is 0 Å². The molecule has 2 aliphatic rings. The fourth-order valence-corrected chi connectivity index (χ4v) is 5.48. The first-order chi connectivity index (χ1) is 17.5. The molecule has 0 radical (unpaired) electrons. The third kappa shape index (κ3) is 3.91. The lowest BCUT2D eigenvalue weighted by molar-refractivity contribution is 0.203. The van der Waals surface area contributed by atoms with Crippen molar-refractivity contribution in [3.63, 3.8) is 0 Å². The molecule has 1 fully saturated rings. The predicted molar refractivity (Wildman–Crippen MR) is 136 cm³/mol. The quantitative estimate of drug-likeness (QED) is 0.378. The molecule has 0 aliphatic carbocycles. The first kappa shape index (κ1) is 23.0. The van der Waals surface area contributed by atoms with Crippen LogP contribution < -0.4 is 15.2 Å². The molecule has 3 aromatic heterocycles. The predicted octanol–water partition coefficient (Wildman–Crippen LogP) is 4.13. The molecule has 1 unspecified atom stereocenters. The van der Waals surface area contributed by atoms with Crippen molar-refractivity contribution in [2.75, 3.05) is 26.2 Å². The summed E-state index contributed by atoms with van der Waals surface area (Å²) in [6, 6.07) is 4.97. The van der Waals surface area contributed by atoms with E-state index >= 15 is 4.39 Å². The number of benzene rings is 1. The first-order valence-corrected chi connectivity index (χ1v) is 12.7. The number of likely N-dealkylation sites (tertiary alicyclic amines) is 1. The Labute approximate surface area is 208 Å². The van der Waals surface area contributed by atoms with E-state index in [4.69, 9.17) is 9.47 Å². The lowest BCUT2D eigenvalue weighted by Crippen LogP contribution is -2.31. The fourth-order valence-electron chi connectivity index (χ4n) is 5.48. The average Bonchev–Trinajstić information content (AvgIpc) is 3.02. The van der Waals surface area contributed by atoms with Gasteiger partial charge in [0.1, 0.15) is 17.7 Å². The number of aryl methyl sites for hydroxylation is 1. The Morgan fingerprint density at radius 2 is 2.00 bits per heavy atom. The molecule has 188 valence electrons. The van der Waals surface area contributed by atoms with E-state index in [2.05, 4.69) is 14.9 Å². The molecule has 8 nitrogen and oxygen atoms in total. The monoisotopic (exact) mass is 491 g/mol. The zero-order valence-electron chi connectivity index (χ0n) is 20.7. The minimum absolute atomic E-state index is 0.142. The van der Waals surface area contributed by atoms with Crippen LogP contribution >= 0.6 is 0 Å². The smallest absolute Gasteiger partial charge is 0.329 e. The van der Waals surface area contributed by atoms with E-state index in [1.807, 2.05) is 6.92 Å². The molecule has 0 N–H and O–H groups in total. The van der Waals surface area contributed by atoms with Gasteiger partial charge in [0.05, 0.1) is 46.8 Å². The standard InChI is InChI=1S/C27H30FN5O3/c1-17-16-33-25-21(31(2)27(33)34)15-29-20-13-19(28)23(26(36-17)24(20)25)18-7-8-22(30-14-18)35-12-6-11-32-9-4-3-5-10-32/h7-8,13-15,17H,3-6,9-12,16H2,1-2H3. The summed E-state index contributed by atoms with van der Waals surface area (Å²) in [4.78, 5) is 24.3. The molecule has 4 aromatic rings. The van der Waals surface area contributed by atoms with Crippen LogP contribution in [0.2, 0.25) is 0 Å². The van der Waals surface area contributed by atoms with Crippen LogP contribution in [0.1, 0.15) is 32.6 Å². The van der Waals surface area contributed by atoms with Crippen LogP contribution in [0.5, 0.6) is 11.6 Å². The van der Waals surface area contributed by atoms with Gasteiger partial charge in [-0.3, -0.25) is 14.1 Å². The summed E-state index contributed by atoms with van der Waals surface area (Å²) in [5.74, 6) is 0.462. The van der Waals surface area contributed by atoms with Crippen LogP contribution in [0.4, 0.5) is 4.39 Å². The molecule has 6 rings (SSSR count). The molecule has 5 heterocycles. The van der Waals surface area contributed by atoms with E-state index in [1.165, 1.54) is 38.4 Å². The van der Waals surface area contributed by atoms with Gasteiger partial charge in [-0.1, -0.05) is 6.42 Å². The zero-order valence-corrected chi connectivity index (χ0v) is 20.7. The molecule has 1 aromatic carbocycles. The van der Waals surface area contributed by atoms with E-state index in [1.54, 1.807) is 40.7 Å². The number of hydrogen-bond acceptors (Lipinski definition) is 6. The summed E-state index contributed by atoms with van der Waals surface area (Å²) < 4.78 is 30.9. The van der Waals surface area contributed by atoms with Crippen LogP contribution in [0.25, 0.3) is 33.1 Å². The van der Waals surface area contributed by atoms with Gasteiger partial charge in [0.2, 0.25) is 5.88 Å². The molecule has 36 heavy (non-hydrogen) atoms. The lowest BCUT2D eigenvalue weighted by atomic mass is 10.0. The number of rotatable bonds is 6. The molecular weight excluding hydrogens is 461 g/mol. The van der Waals surface area contributed by atoms with Crippen molar-refractivity contribution in [2.24, 2.45) is 7.05 Å². The Balaban J connectivity index is 1.32. The molecule has 9 heteroatoms. The van der Waals surface area contributed by atoms with Gasteiger partial charge >= 0.3 is 5.69 Å². The lowest BCUT2D eigenvalue weighted by Gasteiger charge is -2.26. The topological polar surface area (TPSA) is 74.4 Å². The highest BCUT2D eigenvalue weighted by molar-refractivity contribution is 6.09. The third-order valence-corrected chi connectivity index (χ3v) is 7.27. The number of aromatic nitrogens is 4. The highest BCUT2D eigenvalue weighted by Gasteiger charge is 2.28. The number of hydrogen-bond donors (Lipinski definition) is 0. The van der Waals surface area contributed by atoms with Gasteiger partial charge in [-0.15, -0.1) is 0 Å². The number of imidazole rings is 1. The molecule has 0 amide bonds. The summed E-state index contributed by atoms with van der Waals surface area (Å²) in [5, 5.41) is 0.643. The van der Waals surface area contributed by atoms with Crippen LogP contribution in [-0.2, 0) is 13.6 Å². The number of halogens is 1. The van der Waals surface area contributed by atoms with Crippen LogP contribution in [0, 0.1) is 5.82 Å². The maximum absolute atomic E-state index is 15.5. The van der Waals surface area contributed by atoms with Gasteiger partial charge in [0.15, 0.2) is 0 Å². The second-order valence-electron chi connectivity index (χ2n) is 9.82. The number of ether oxygens (including phenoxy) is 2. The second-order valence-corrected chi connectivity index (χ2v) is 9.82. The van der Waals surface area contributed by atoms with E-state index in [-0.39, 0.29) is 11.8 Å². The van der Waals surface area contributed by atoms with E-state index in [0.717, 1.165) is 18.5 Å². The van der Waals surface area contributed by atoms with Crippen molar-refractivity contribution in [3.05, 3.63) is 46.9 Å². The Morgan fingerprint density at radius 1 is 1.17 bits per heavy atom. The van der Waals surface area contributed by atoms with Crippen molar-refractivity contribution in [2.45, 2.75) is 45.3 Å². The molecular formula is C27H30FN5O3. The number of nitrogens with zero attached hydrogens (tertiary/aromatic N) is 5. The second kappa shape index (κ2) is 9.20. The van der Waals surface area contributed by atoms with Crippen LogP contribution in [-0.4, -0.2) is 56.3 Å². The van der Waals surface area contributed by atoms with Crippen molar-refractivity contribution in [1.82, 2.24) is 24.0 Å². The summed E-state index contributed by atoms with van der Waals surface area (Å²) in [6.45, 7) is 6.22. The summed E-state index contributed by atoms with van der Waals surface area (Å²) in [5.41, 5.74) is 2.62. The van der Waals surface area contributed by atoms with Crippen molar-refractivity contribution < 1.29 is 13.9 Å². The van der Waals surface area contributed by atoms with Crippen molar-refractivity contribution in [1.29, 1.82) is 0 Å². The van der Waals surface area contributed by atoms with Crippen LogP contribution in [0.15, 0.2) is 35.4 Å². The largest absolute Gasteiger partial charge is 0.487 e. The third-order valence-electron chi connectivity index (χ3n) is 7.27.